The van der Waals surface area contributed by atoms with Crippen molar-refractivity contribution in [3.8, 4) is 5.75 Å². The Bertz CT molecular complexity index is 1100. The van der Waals surface area contributed by atoms with Gasteiger partial charge in [-0.05, 0) is 30.2 Å². The molecule has 0 aliphatic carbocycles. The number of hydrogen-bond donors (Lipinski definition) is 0. The molecule has 31 heavy (non-hydrogen) atoms. The van der Waals surface area contributed by atoms with Gasteiger partial charge in [-0.1, -0.05) is 102 Å². The number of benzene rings is 3. The van der Waals surface area contributed by atoms with Gasteiger partial charge in [0, 0.05) is 0 Å². The predicted octanol–water partition coefficient (Wildman–Crippen LogP) is 5.24. The highest BCUT2D eigenvalue weighted by atomic mass is 28.3. The normalized spacial score (nSPS) is 16.6. The Kier molecular flexibility index (Phi) is 5.87. The summed E-state index contributed by atoms with van der Waals surface area (Å²) < 4.78 is 5.53. The number of amides is 2. The van der Waals surface area contributed by atoms with E-state index in [1.54, 1.807) is 30.3 Å². The number of rotatable bonds is 4. The zero-order valence-electron chi connectivity index (χ0n) is 17.7. The van der Waals surface area contributed by atoms with E-state index in [4.69, 9.17) is 4.74 Å². The van der Waals surface area contributed by atoms with Crippen molar-refractivity contribution in [2.45, 2.75) is 25.6 Å². The molecule has 0 N–H and O–H groups in total. The number of hydrogen-bond acceptors (Lipinski definition) is 3. The molecule has 0 saturated carbocycles. The summed E-state index contributed by atoms with van der Waals surface area (Å²) in [5.74, 6) is 0.0911. The van der Waals surface area contributed by atoms with Crippen molar-refractivity contribution in [3.05, 3.63) is 108 Å². The quantitative estimate of drug-likeness (QED) is 0.535. The zero-order chi connectivity index (χ0) is 21.8. The second kappa shape index (κ2) is 8.74. The fourth-order valence-electron chi connectivity index (χ4n) is 4.00. The summed E-state index contributed by atoms with van der Waals surface area (Å²) in [6.45, 7) is 4.50. The maximum absolute atomic E-state index is 13.3. The molecule has 0 radical (unpaired) electrons. The largest absolute Gasteiger partial charge is 0.422 e. The monoisotopic (exact) mass is 427 g/mol. The van der Waals surface area contributed by atoms with Crippen LogP contribution in [0.25, 0.3) is 0 Å². The van der Waals surface area contributed by atoms with E-state index < -0.39 is 20.2 Å². The van der Waals surface area contributed by atoms with Crippen LogP contribution in [-0.4, -0.2) is 25.0 Å². The third-order valence-corrected chi connectivity index (χ3v) is 9.62. The SMILES string of the molecule is C[Si](C)(C1=CC(=O)N(C(=O)Oc2ccccc2)C(c2ccccc2)C1)c1ccccc1. The maximum atomic E-state index is 13.3. The first-order valence-corrected chi connectivity index (χ1v) is 13.4. The van der Waals surface area contributed by atoms with Crippen molar-refractivity contribution in [2.24, 2.45) is 0 Å². The third kappa shape index (κ3) is 4.37. The number of imide groups is 1. The first kappa shape index (κ1) is 20.8. The summed E-state index contributed by atoms with van der Waals surface area (Å²) in [6, 6.07) is 28.5. The van der Waals surface area contributed by atoms with Gasteiger partial charge in [0.1, 0.15) is 13.8 Å². The summed E-state index contributed by atoms with van der Waals surface area (Å²) in [6.07, 6.45) is 1.61. The predicted molar refractivity (Wildman–Crippen MR) is 125 cm³/mol. The second-order valence-corrected chi connectivity index (χ2v) is 12.7. The first-order valence-electron chi connectivity index (χ1n) is 10.4. The molecular weight excluding hydrogens is 402 g/mol. The Labute approximate surface area is 183 Å². The van der Waals surface area contributed by atoms with E-state index in [1.165, 1.54) is 10.1 Å². The lowest BCUT2D eigenvalue weighted by molar-refractivity contribution is -0.126. The number of ether oxygens (including phenoxy) is 1. The van der Waals surface area contributed by atoms with Crippen molar-refractivity contribution in [3.63, 3.8) is 0 Å². The average molecular weight is 428 g/mol. The molecule has 1 heterocycles. The second-order valence-electron chi connectivity index (χ2n) is 8.18. The molecule has 156 valence electrons. The van der Waals surface area contributed by atoms with Gasteiger partial charge in [0.2, 0.25) is 0 Å². The average Bonchev–Trinajstić information content (AvgIpc) is 2.80. The molecule has 1 unspecified atom stereocenters. The summed E-state index contributed by atoms with van der Waals surface area (Å²) in [7, 11) is -2.07. The minimum Gasteiger partial charge on any atom is -0.410 e. The highest BCUT2D eigenvalue weighted by Crippen LogP contribution is 2.36. The Morgan fingerprint density at radius 1 is 0.871 bits per heavy atom. The Morgan fingerprint density at radius 2 is 1.42 bits per heavy atom. The van der Waals surface area contributed by atoms with Crippen LogP contribution in [0.3, 0.4) is 0 Å². The summed E-state index contributed by atoms with van der Waals surface area (Å²) in [5.41, 5.74) is 0.921. The van der Waals surface area contributed by atoms with Gasteiger partial charge in [-0.15, -0.1) is 0 Å². The van der Waals surface area contributed by atoms with Crippen molar-refractivity contribution in [1.82, 2.24) is 4.90 Å². The first-order chi connectivity index (χ1) is 15.0. The van der Waals surface area contributed by atoms with Gasteiger partial charge in [0.25, 0.3) is 5.91 Å². The fraction of sp³-hybridized carbons (Fsp3) is 0.154. The van der Waals surface area contributed by atoms with Crippen molar-refractivity contribution in [1.29, 1.82) is 0 Å². The van der Waals surface area contributed by atoms with E-state index >= 15 is 0 Å². The van der Waals surface area contributed by atoms with Gasteiger partial charge in [-0.25, -0.2) is 9.69 Å². The summed E-state index contributed by atoms with van der Waals surface area (Å²) >= 11 is 0. The Morgan fingerprint density at radius 3 is 2.03 bits per heavy atom. The van der Waals surface area contributed by atoms with Gasteiger partial charge in [-0.3, -0.25) is 4.79 Å². The summed E-state index contributed by atoms with van der Waals surface area (Å²) in [4.78, 5) is 27.6. The van der Waals surface area contributed by atoms with E-state index in [2.05, 4.69) is 25.2 Å². The highest BCUT2D eigenvalue weighted by molar-refractivity contribution is 6.95. The van der Waals surface area contributed by atoms with Crippen LogP contribution in [0, 0.1) is 0 Å². The molecule has 5 heteroatoms. The van der Waals surface area contributed by atoms with Gasteiger partial charge >= 0.3 is 6.09 Å². The van der Waals surface area contributed by atoms with Gasteiger partial charge in [0.15, 0.2) is 0 Å². The smallest absolute Gasteiger partial charge is 0.410 e. The van der Waals surface area contributed by atoms with Crippen LogP contribution in [0.4, 0.5) is 4.79 Å². The molecule has 1 aliphatic rings. The minimum atomic E-state index is -2.07. The fourth-order valence-corrected chi connectivity index (χ4v) is 6.59. The lowest BCUT2D eigenvalue weighted by Crippen LogP contribution is -2.50. The summed E-state index contributed by atoms with van der Waals surface area (Å²) in [5, 5.41) is 2.39. The lowest BCUT2D eigenvalue weighted by Gasteiger charge is -2.37. The van der Waals surface area contributed by atoms with E-state index in [0.29, 0.717) is 12.2 Å². The third-order valence-electron chi connectivity index (χ3n) is 5.89. The molecule has 0 saturated heterocycles. The van der Waals surface area contributed by atoms with Crippen molar-refractivity contribution in [2.75, 3.05) is 0 Å². The maximum Gasteiger partial charge on any atom is 0.422 e. The van der Waals surface area contributed by atoms with Crippen molar-refractivity contribution >= 4 is 25.3 Å². The molecule has 1 aliphatic heterocycles. The van der Waals surface area contributed by atoms with E-state index in [1.807, 2.05) is 54.6 Å². The highest BCUT2D eigenvalue weighted by Gasteiger charge is 2.40. The molecule has 0 aromatic heterocycles. The molecular formula is C26H25NO3Si. The zero-order valence-corrected chi connectivity index (χ0v) is 18.7. The molecule has 4 nitrogen and oxygen atoms in total. The molecule has 0 fully saturated rings. The molecule has 3 aromatic rings. The van der Waals surface area contributed by atoms with Gasteiger partial charge in [-0.2, -0.15) is 0 Å². The van der Waals surface area contributed by atoms with E-state index in [0.717, 1.165) is 10.8 Å². The van der Waals surface area contributed by atoms with Crippen LogP contribution in [0.1, 0.15) is 18.0 Å². The van der Waals surface area contributed by atoms with Crippen LogP contribution in [0.5, 0.6) is 5.75 Å². The van der Waals surface area contributed by atoms with Gasteiger partial charge in [0.05, 0.1) is 6.04 Å². The molecule has 0 spiro atoms. The van der Waals surface area contributed by atoms with Crippen LogP contribution >= 0.6 is 0 Å². The van der Waals surface area contributed by atoms with Gasteiger partial charge < -0.3 is 4.74 Å². The minimum absolute atomic E-state index is 0.326. The molecule has 3 aromatic carbocycles. The molecule has 2 amide bonds. The Balaban J connectivity index is 1.71. The van der Waals surface area contributed by atoms with Crippen LogP contribution in [0.2, 0.25) is 13.1 Å². The molecule has 1 atom stereocenters. The topological polar surface area (TPSA) is 46.6 Å². The molecule has 0 bridgehead atoms. The van der Waals surface area contributed by atoms with E-state index in [9.17, 15) is 9.59 Å². The van der Waals surface area contributed by atoms with E-state index in [-0.39, 0.29) is 5.91 Å². The number of para-hydroxylation sites is 1. The number of nitrogens with zero attached hydrogens (tertiary/aromatic N) is 1. The number of carbonyl (C=O) groups is 2. The molecule has 4 rings (SSSR count). The van der Waals surface area contributed by atoms with Crippen LogP contribution in [-0.2, 0) is 4.79 Å². The van der Waals surface area contributed by atoms with Crippen molar-refractivity contribution < 1.29 is 14.3 Å². The lowest BCUT2D eigenvalue weighted by atomic mass is 9.99. The van der Waals surface area contributed by atoms with Crippen LogP contribution in [0.15, 0.2) is 102 Å². The number of carbonyl (C=O) groups excluding carboxylic acids is 2. The Hall–Kier alpha value is -3.44. The standard InChI is InChI=1S/C26H25NO3Si/c1-31(2,22-16-10-5-11-17-22)23-18-24(20-12-6-3-7-13-20)27(25(28)19-23)26(29)30-21-14-8-4-9-15-21/h3-17,19,24H,18H2,1-2H3. The van der Waals surface area contributed by atoms with Crippen LogP contribution < -0.4 is 9.92 Å².